The number of nitrogens with zero attached hydrogens (tertiary/aromatic N) is 2. The average Bonchev–Trinajstić information content (AvgIpc) is 3.02. The van der Waals surface area contributed by atoms with Crippen LogP contribution in [0.3, 0.4) is 0 Å². The number of hydrogen-bond acceptors (Lipinski definition) is 5. The minimum Gasteiger partial charge on any atom is -0.467 e. The van der Waals surface area contributed by atoms with Crippen LogP contribution in [0.4, 0.5) is 4.79 Å². The van der Waals surface area contributed by atoms with Gasteiger partial charge in [-0.2, -0.15) is 5.01 Å². The van der Waals surface area contributed by atoms with Gasteiger partial charge >= 0.3 is 12.0 Å². The number of carbonyl (C=O) groups excluding carboxylic acids is 4. The van der Waals surface area contributed by atoms with E-state index in [4.69, 9.17) is 4.74 Å². The van der Waals surface area contributed by atoms with Crippen LogP contribution >= 0.6 is 0 Å². The van der Waals surface area contributed by atoms with E-state index >= 15 is 0 Å². The third kappa shape index (κ3) is 4.17. The number of methoxy groups -OCH3 is 1. The van der Waals surface area contributed by atoms with Crippen LogP contribution in [-0.4, -0.2) is 47.0 Å². The van der Waals surface area contributed by atoms with E-state index in [1.807, 2.05) is 13.0 Å². The van der Waals surface area contributed by atoms with Gasteiger partial charge in [0.1, 0.15) is 6.04 Å². The second-order valence-corrected chi connectivity index (χ2v) is 6.82. The molecular formula is C22H23N3O5. The lowest BCUT2D eigenvalue weighted by atomic mass is 10.1. The molecule has 1 heterocycles. The molecule has 8 heteroatoms. The molecule has 1 unspecified atom stereocenters. The second kappa shape index (κ2) is 9.21. The Balaban J connectivity index is 1.93. The van der Waals surface area contributed by atoms with E-state index in [1.165, 1.54) is 7.11 Å². The first-order chi connectivity index (χ1) is 14.5. The molecule has 30 heavy (non-hydrogen) atoms. The Morgan fingerprint density at radius 1 is 1.00 bits per heavy atom. The number of urea groups is 1. The molecule has 0 fully saturated rings. The summed E-state index contributed by atoms with van der Waals surface area (Å²) in [5.41, 5.74) is 1.17. The van der Waals surface area contributed by atoms with Gasteiger partial charge in [-0.25, -0.2) is 14.6 Å². The number of benzene rings is 2. The Hall–Kier alpha value is -3.68. The molecule has 0 saturated carbocycles. The molecule has 1 aliphatic heterocycles. The fourth-order valence-corrected chi connectivity index (χ4v) is 3.29. The van der Waals surface area contributed by atoms with Gasteiger partial charge in [0.25, 0.3) is 11.8 Å². The Kier molecular flexibility index (Phi) is 6.46. The first kappa shape index (κ1) is 21.0. The second-order valence-electron chi connectivity index (χ2n) is 6.82. The maximum absolute atomic E-state index is 13.1. The van der Waals surface area contributed by atoms with Crippen molar-refractivity contribution in [2.45, 2.75) is 32.4 Å². The van der Waals surface area contributed by atoms with Gasteiger partial charge in [0.2, 0.25) is 0 Å². The van der Waals surface area contributed by atoms with E-state index in [0.717, 1.165) is 10.0 Å². The van der Waals surface area contributed by atoms with Crippen molar-refractivity contribution in [1.82, 2.24) is 15.3 Å². The van der Waals surface area contributed by atoms with Crippen LogP contribution in [0.5, 0.6) is 0 Å². The van der Waals surface area contributed by atoms with E-state index in [0.29, 0.717) is 18.4 Å². The van der Waals surface area contributed by atoms with Crippen LogP contribution in [-0.2, 0) is 16.1 Å². The minimum absolute atomic E-state index is 0.0296. The molecule has 8 nitrogen and oxygen atoms in total. The Morgan fingerprint density at radius 3 is 2.10 bits per heavy atom. The van der Waals surface area contributed by atoms with E-state index in [1.54, 1.807) is 48.5 Å². The summed E-state index contributed by atoms with van der Waals surface area (Å²) in [6.45, 7) is 1.84. The molecule has 3 rings (SSSR count). The number of ether oxygens (including phenoxy) is 1. The topological polar surface area (TPSA) is 96.0 Å². The van der Waals surface area contributed by atoms with Gasteiger partial charge in [-0.1, -0.05) is 55.8 Å². The lowest BCUT2D eigenvalue weighted by Crippen LogP contribution is -2.56. The van der Waals surface area contributed by atoms with Crippen molar-refractivity contribution in [2.24, 2.45) is 0 Å². The SMILES string of the molecule is CCCC(NC(=O)N(Cc1ccccc1)N1C(=O)c2ccccc2C1=O)C(=O)OC. The lowest BCUT2D eigenvalue weighted by molar-refractivity contribution is -0.143. The molecule has 0 spiro atoms. The first-order valence-corrected chi connectivity index (χ1v) is 9.65. The fraction of sp³-hybridized carbons (Fsp3) is 0.273. The number of hydrogen-bond donors (Lipinski definition) is 1. The van der Waals surface area contributed by atoms with Gasteiger partial charge < -0.3 is 10.1 Å². The molecule has 0 saturated heterocycles. The van der Waals surface area contributed by atoms with Crippen LogP contribution in [0.15, 0.2) is 54.6 Å². The summed E-state index contributed by atoms with van der Waals surface area (Å²) in [6, 6.07) is 13.7. The Labute approximate surface area is 174 Å². The standard InChI is InChI=1S/C22H23N3O5/c1-3-9-18(21(28)30-2)23-22(29)24(14-15-10-5-4-6-11-15)25-19(26)16-12-7-8-13-17(16)20(25)27/h4-8,10-13,18H,3,9,14H2,1-2H3,(H,23,29). The van der Waals surface area contributed by atoms with Gasteiger partial charge in [0, 0.05) is 0 Å². The average molecular weight is 409 g/mol. The predicted octanol–water partition coefficient (Wildman–Crippen LogP) is 2.75. The molecule has 0 bridgehead atoms. The number of nitrogens with one attached hydrogen (secondary N) is 1. The number of carbonyl (C=O) groups is 4. The zero-order valence-electron chi connectivity index (χ0n) is 16.8. The molecule has 0 radical (unpaired) electrons. The van der Waals surface area contributed by atoms with Crippen molar-refractivity contribution in [1.29, 1.82) is 0 Å². The van der Waals surface area contributed by atoms with Gasteiger partial charge in [-0.05, 0) is 24.1 Å². The number of amides is 4. The van der Waals surface area contributed by atoms with Crippen LogP contribution in [0.1, 0.15) is 46.0 Å². The molecule has 4 amide bonds. The van der Waals surface area contributed by atoms with Crippen molar-refractivity contribution in [3.8, 4) is 0 Å². The minimum atomic E-state index is -0.888. The summed E-state index contributed by atoms with van der Waals surface area (Å²) >= 11 is 0. The maximum atomic E-state index is 13.1. The molecule has 2 aromatic rings. The molecule has 156 valence electrons. The molecule has 0 aliphatic carbocycles. The third-order valence-electron chi connectivity index (χ3n) is 4.78. The number of hydrazine groups is 1. The van der Waals surface area contributed by atoms with Crippen LogP contribution < -0.4 is 5.32 Å². The lowest BCUT2D eigenvalue weighted by Gasteiger charge is -2.31. The number of fused-ring (bicyclic) bond motifs is 1. The summed E-state index contributed by atoms with van der Waals surface area (Å²) < 4.78 is 4.76. The highest BCUT2D eigenvalue weighted by atomic mass is 16.5. The molecule has 1 aliphatic rings. The van der Waals surface area contributed by atoms with Gasteiger partial charge in [0.15, 0.2) is 0 Å². The highest BCUT2D eigenvalue weighted by Crippen LogP contribution is 2.25. The highest BCUT2D eigenvalue weighted by molar-refractivity contribution is 6.21. The normalized spacial score (nSPS) is 13.6. The van der Waals surface area contributed by atoms with Crippen molar-refractivity contribution in [3.63, 3.8) is 0 Å². The monoisotopic (exact) mass is 409 g/mol. The Morgan fingerprint density at radius 2 is 1.57 bits per heavy atom. The van der Waals surface area contributed by atoms with Crippen LogP contribution in [0.2, 0.25) is 0 Å². The quantitative estimate of drug-likeness (QED) is 0.560. The van der Waals surface area contributed by atoms with Crippen molar-refractivity contribution in [2.75, 3.05) is 7.11 Å². The van der Waals surface area contributed by atoms with Gasteiger partial charge in [0.05, 0.1) is 24.8 Å². The van der Waals surface area contributed by atoms with E-state index < -0.39 is 29.9 Å². The van der Waals surface area contributed by atoms with E-state index in [9.17, 15) is 19.2 Å². The zero-order valence-corrected chi connectivity index (χ0v) is 16.8. The number of esters is 1. The smallest absolute Gasteiger partial charge is 0.337 e. The van der Waals surface area contributed by atoms with Gasteiger partial charge in [-0.3, -0.25) is 9.59 Å². The molecule has 2 aromatic carbocycles. The molecule has 1 N–H and O–H groups in total. The number of imide groups is 1. The summed E-state index contributed by atoms with van der Waals surface area (Å²) in [4.78, 5) is 51.1. The molecular weight excluding hydrogens is 386 g/mol. The fourth-order valence-electron chi connectivity index (χ4n) is 3.29. The zero-order chi connectivity index (χ0) is 21.7. The molecule has 1 atom stereocenters. The van der Waals surface area contributed by atoms with Crippen molar-refractivity contribution >= 4 is 23.8 Å². The van der Waals surface area contributed by atoms with Crippen molar-refractivity contribution < 1.29 is 23.9 Å². The predicted molar refractivity (Wildman–Crippen MR) is 108 cm³/mol. The summed E-state index contributed by atoms with van der Waals surface area (Å²) in [7, 11) is 1.24. The van der Waals surface area contributed by atoms with Crippen LogP contribution in [0.25, 0.3) is 0 Å². The summed E-state index contributed by atoms with van der Waals surface area (Å²) in [5.74, 6) is -1.77. The van der Waals surface area contributed by atoms with E-state index in [-0.39, 0.29) is 17.7 Å². The third-order valence-corrected chi connectivity index (χ3v) is 4.78. The van der Waals surface area contributed by atoms with Crippen LogP contribution in [0, 0.1) is 0 Å². The number of rotatable bonds is 7. The van der Waals surface area contributed by atoms with Crippen molar-refractivity contribution in [3.05, 3.63) is 71.3 Å². The van der Waals surface area contributed by atoms with E-state index in [2.05, 4.69) is 5.32 Å². The largest absolute Gasteiger partial charge is 0.467 e. The highest BCUT2D eigenvalue weighted by Gasteiger charge is 2.42. The maximum Gasteiger partial charge on any atom is 0.337 e. The summed E-state index contributed by atoms with van der Waals surface area (Å²) in [6.07, 6.45) is 0.992. The first-order valence-electron chi connectivity index (χ1n) is 9.65. The Bertz CT molecular complexity index is 925. The molecule has 0 aromatic heterocycles. The van der Waals surface area contributed by atoms with Gasteiger partial charge in [-0.15, -0.1) is 0 Å². The summed E-state index contributed by atoms with van der Waals surface area (Å²) in [5, 5.41) is 4.46.